The summed E-state index contributed by atoms with van der Waals surface area (Å²) >= 11 is 0. The third kappa shape index (κ3) is 2.79. The zero-order chi connectivity index (χ0) is 13.8. The highest BCUT2D eigenvalue weighted by Crippen LogP contribution is 2.27. The first kappa shape index (κ1) is 13.2. The first-order valence-electron chi connectivity index (χ1n) is 6.00. The predicted molar refractivity (Wildman–Crippen MR) is 73.7 cm³/mol. The molecule has 1 aromatic heterocycles. The Kier molecular flexibility index (Phi) is 3.91. The number of para-hydroxylation sites is 1. The molecular weight excluding hydrogens is 245 g/mol. The van der Waals surface area contributed by atoms with Crippen molar-refractivity contribution in [3.05, 3.63) is 42.0 Å². The third-order valence-electron chi connectivity index (χ3n) is 2.71. The van der Waals surface area contributed by atoms with Crippen molar-refractivity contribution in [1.82, 2.24) is 9.97 Å². The molecule has 0 spiro atoms. The number of nitrogens with two attached hydrogens (primary N) is 1. The predicted octanol–water partition coefficient (Wildman–Crippen LogP) is 2.37. The molecule has 6 heteroatoms. The second kappa shape index (κ2) is 5.62. The number of benzene rings is 1. The fraction of sp³-hybridized carbons (Fsp3) is 0.231. The molecule has 3 N–H and O–H groups in total. The summed E-state index contributed by atoms with van der Waals surface area (Å²) in [6.07, 6.45) is 0. The van der Waals surface area contributed by atoms with E-state index in [2.05, 4.69) is 15.4 Å². The van der Waals surface area contributed by atoms with Crippen LogP contribution in [0.15, 0.2) is 30.3 Å². The number of hydrazine groups is 1. The van der Waals surface area contributed by atoms with Crippen molar-refractivity contribution in [1.29, 1.82) is 0 Å². The number of aryl methyl sites for hydroxylation is 1. The van der Waals surface area contributed by atoms with Crippen LogP contribution in [0.4, 0.5) is 21.7 Å². The molecule has 0 radical (unpaired) electrons. The van der Waals surface area contributed by atoms with Gasteiger partial charge in [0.25, 0.3) is 0 Å². The standard InChI is InChI=1S/C13H16FN5/c1-3-19(11-7-5-4-6-10(11)14)13-8-12(18-15)16-9(2)17-13/h4-8H,3,15H2,1-2H3,(H,16,17,18). The lowest BCUT2D eigenvalue weighted by Gasteiger charge is -2.23. The highest BCUT2D eigenvalue weighted by atomic mass is 19.1. The third-order valence-corrected chi connectivity index (χ3v) is 2.71. The summed E-state index contributed by atoms with van der Waals surface area (Å²) in [5.74, 6) is 6.75. The van der Waals surface area contributed by atoms with E-state index in [1.807, 2.05) is 6.92 Å². The summed E-state index contributed by atoms with van der Waals surface area (Å²) < 4.78 is 13.9. The van der Waals surface area contributed by atoms with Gasteiger partial charge in [-0.05, 0) is 26.0 Å². The summed E-state index contributed by atoms with van der Waals surface area (Å²) in [5.41, 5.74) is 2.96. The molecule has 0 saturated carbocycles. The van der Waals surface area contributed by atoms with Crippen LogP contribution in [0, 0.1) is 12.7 Å². The van der Waals surface area contributed by atoms with E-state index in [-0.39, 0.29) is 5.82 Å². The molecule has 0 amide bonds. The number of nitrogen functional groups attached to an aromatic ring is 1. The number of halogens is 1. The molecule has 2 rings (SSSR count). The molecule has 1 aromatic carbocycles. The van der Waals surface area contributed by atoms with Crippen LogP contribution in [-0.2, 0) is 0 Å². The van der Waals surface area contributed by atoms with Gasteiger partial charge in [-0.25, -0.2) is 20.2 Å². The summed E-state index contributed by atoms with van der Waals surface area (Å²) in [6, 6.07) is 8.27. The van der Waals surface area contributed by atoms with Crippen LogP contribution in [0.25, 0.3) is 0 Å². The quantitative estimate of drug-likeness (QED) is 0.653. The Morgan fingerprint density at radius 3 is 2.68 bits per heavy atom. The molecule has 0 atom stereocenters. The molecule has 0 unspecified atom stereocenters. The minimum atomic E-state index is -0.289. The van der Waals surface area contributed by atoms with Crippen LogP contribution >= 0.6 is 0 Å². The van der Waals surface area contributed by atoms with Gasteiger partial charge in [0.1, 0.15) is 23.3 Å². The molecule has 0 aliphatic heterocycles. The van der Waals surface area contributed by atoms with Crippen molar-refractivity contribution in [2.75, 3.05) is 16.9 Å². The molecule has 0 bridgehead atoms. The molecule has 0 aliphatic carbocycles. The first-order valence-corrected chi connectivity index (χ1v) is 6.00. The molecule has 5 nitrogen and oxygen atoms in total. The maximum Gasteiger partial charge on any atom is 0.146 e. The summed E-state index contributed by atoms with van der Waals surface area (Å²) in [6.45, 7) is 4.28. The highest BCUT2D eigenvalue weighted by Gasteiger charge is 2.14. The fourth-order valence-electron chi connectivity index (χ4n) is 1.89. The lowest BCUT2D eigenvalue weighted by molar-refractivity contribution is 0.625. The summed E-state index contributed by atoms with van der Waals surface area (Å²) in [7, 11) is 0. The zero-order valence-electron chi connectivity index (χ0n) is 10.9. The van der Waals surface area contributed by atoms with Gasteiger partial charge in [0, 0.05) is 12.6 Å². The molecule has 100 valence electrons. The Labute approximate surface area is 111 Å². The zero-order valence-corrected chi connectivity index (χ0v) is 10.9. The second-order valence-corrected chi connectivity index (χ2v) is 4.00. The van der Waals surface area contributed by atoms with Gasteiger partial charge in [-0.1, -0.05) is 12.1 Å². The van der Waals surface area contributed by atoms with E-state index < -0.39 is 0 Å². The maximum atomic E-state index is 13.9. The van der Waals surface area contributed by atoms with Crippen LogP contribution in [-0.4, -0.2) is 16.5 Å². The van der Waals surface area contributed by atoms with Gasteiger partial charge >= 0.3 is 0 Å². The monoisotopic (exact) mass is 261 g/mol. The molecule has 2 aromatic rings. The SMILES string of the molecule is CCN(c1cc(NN)nc(C)n1)c1ccccc1F. The van der Waals surface area contributed by atoms with E-state index in [4.69, 9.17) is 5.84 Å². The van der Waals surface area contributed by atoms with E-state index in [1.165, 1.54) is 6.07 Å². The summed E-state index contributed by atoms with van der Waals surface area (Å²) in [4.78, 5) is 10.2. The number of hydrogen-bond donors (Lipinski definition) is 2. The molecule has 0 aliphatic rings. The van der Waals surface area contributed by atoms with E-state index >= 15 is 0 Å². The van der Waals surface area contributed by atoms with Crippen molar-refractivity contribution < 1.29 is 4.39 Å². The Morgan fingerprint density at radius 2 is 2.05 bits per heavy atom. The van der Waals surface area contributed by atoms with Crippen molar-refractivity contribution in [3.63, 3.8) is 0 Å². The van der Waals surface area contributed by atoms with Gasteiger partial charge < -0.3 is 10.3 Å². The fourth-order valence-corrected chi connectivity index (χ4v) is 1.89. The number of anilines is 3. The van der Waals surface area contributed by atoms with Crippen molar-refractivity contribution in [2.24, 2.45) is 5.84 Å². The Balaban J connectivity index is 2.48. The van der Waals surface area contributed by atoms with Gasteiger partial charge in [-0.3, -0.25) is 0 Å². The van der Waals surface area contributed by atoms with E-state index in [0.29, 0.717) is 29.7 Å². The van der Waals surface area contributed by atoms with Gasteiger partial charge in [0.2, 0.25) is 0 Å². The van der Waals surface area contributed by atoms with Gasteiger partial charge in [0.15, 0.2) is 0 Å². The van der Waals surface area contributed by atoms with Gasteiger partial charge in [-0.2, -0.15) is 0 Å². The lowest BCUT2D eigenvalue weighted by atomic mass is 10.2. The second-order valence-electron chi connectivity index (χ2n) is 4.00. The average Bonchev–Trinajstić information content (AvgIpc) is 2.41. The van der Waals surface area contributed by atoms with Gasteiger partial charge in [-0.15, -0.1) is 0 Å². The van der Waals surface area contributed by atoms with Crippen molar-refractivity contribution in [3.8, 4) is 0 Å². The van der Waals surface area contributed by atoms with Gasteiger partial charge in [0.05, 0.1) is 5.69 Å². The van der Waals surface area contributed by atoms with Crippen LogP contribution in [0.2, 0.25) is 0 Å². The minimum absolute atomic E-state index is 0.289. The molecule has 0 fully saturated rings. The molecular formula is C13H16FN5. The van der Waals surface area contributed by atoms with E-state index in [9.17, 15) is 4.39 Å². The minimum Gasteiger partial charge on any atom is -0.324 e. The smallest absolute Gasteiger partial charge is 0.146 e. The largest absolute Gasteiger partial charge is 0.324 e. The number of hydrogen-bond acceptors (Lipinski definition) is 5. The number of nitrogens with zero attached hydrogens (tertiary/aromatic N) is 3. The van der Waals surface area contributed by atoms with Crippen LogP contribution in [0.3, 0.4) is 0 Å². The Morgan fingerprint density at radius 1 is 1.32 bits per heavy atom. The van der Waals surface area contributed by atoms with E-state index in [1.54, 1.807) is 36.1 Å². The van der Waals surface area contributed by atoms with Crippen LogP contribution in [0.1, 0.15) is 12.7 Å². The van der Waals surface area contributed by atoms with E-state index in [0.717, 1.165) is 0 Å². The number of nitrogens with one attached hydrogen (secondary N) is 1. The lowest BCUT2D eigenvalue weighted by Crippen LogP contribution is -2.20. The number of rotatable bonds is 4. The van der Waals surface area contributed by atoms with Crippen LogP contribution in [0.5, 0.6) is 0 Å². The Hall–Kier alpha value is -2.21. The maximum absolute atomic E-state index is 13.9. The van der Waals surface area contributed by atoms with Crippen LogP contribution < -0.4 is 16.2 Å². The first-order chi connectivity index (χ1) is 9.15. The Bertz CT molecular complexity index is 573. The molecule has 1 heterocycles. The average molecular weight is 261 g/mol. The summed E-state index contributed by atoms with van der Waals surface area (Å²) in [5, 5.41) is 0. The number of aromatic nitrogens is 2. The molecule has 0 saturated heterocycles. The molecule has 19 heavy (non-hydrogen) atoms. The highest BCUT2D eigenvalue weighted by molar-refractivity contribution is 5.62. The van der Waals surface area contributed by atoms with Crippen molar-refractivity contribution in [2.45, 2.75) is 13.8 Å². The topological polar surface area (TPSA) is 67.1 Å². The normalized spacial score (nSPS) is 10.3. The van der Waals surface area contributed by atoms with Crippen molar-refractivity contribution >= 4 is 17.3 Å².